The zero-order chi connectivity index (χ0) is 18.8. The summed E-state index contributed by atoms with van der Waals surface area (Å²) in [6.07, 6.45) is 3.52. The summed E-state index contributed by atoms with van der Waals surface area (Å²) >= 11 is 0. The topological polar surface area (TPSA) is 115 Å². The van der Waals surface area contributed by atoms with E-state index in [4.69, 9.17) is 0 Å². The molecule has 2 N–H and O–H groups in total. The molecule has 0 spiro atoms. The van der Waals surface area contributed by atoms with Crippen LogP contribution in [-0.2, 0) is 0 Å². The molecule has 0 saturated carbocycles. The van der Waals surface area contributed by atoms with Gasteiger partial charge in [0.05, 0.1) is 12.2 Å². The number of piperidine rings is 1. The number of hydrogen-bond donors (Lipinski definition) is 2. The van der Waals surface area contributed by atoms with Gasteiger partial charge in [0.2, 0.25) is 0 Å². The number of amides is 1. The third-order valence-corrected chi connectivity index (χ3v) is 4.48. The quantitative estimate of drug-likeness (QED) is 0.699. The normalized spacial score (nSPS) is 15.0. The Balaban J connectivity index is 1.52. The number of aryl methyl sites for hydroxylation is 1. The summed E-state index contributed by atoms with van der Waals surface area (Å²) in [5, 5.41) is 25.0. The van der Waals surface area contributed by atoms with Gasteiger partial charge in [0, 0.05) is 5.69 Å². The van der Waals surface area contributed by atoms with Gasteiger partial charge in [0.1, 0.15) is 11.5 Å². The minimum Gasteiger partial charge on any atom is -0.320 e. The van der Waals surface area contributed by atoms with Crippen LogP contribution in [0.3, 0.4) is 0 Å². The Bertz CT molecular complexity index is 960. The molecule has 1 fully saturated rings. The summed E-state index contributed by atoms with van der Waals surface area (Å²) in [6.45, 7) is 3.49. The van der Waals surface area contributed by atoms with Crippen LogP contribution in [0.4, 0.5) is 10.1 Å². The molecule has 3 aromatic rings. The largest absolute Gasteiger partial charge is 0.320 e. The molecule has 0 bridgehead atoms. The van der Waals surface area contributed by atoms with Gasteiger partial charge in [-0.2, -0.15) is 4.68 Å². The molecule has 27 heavy (non-hydrogen) atoms. The van der Waals surface area contributed by atoms with Gasteiger partial charge in [-0.25, -0.2) is 9.07 Å². The molecule has 1 amide bonds. The van der Waals surface area contributed by atoms with Gasteiger partial charge in [0.25, 0.3) is 5.91 Å². The fourth-order valence-corrected chi connectivity index (χ4v) is 3.03. The van der Waals surface area contributed by atoms with Gasteiger partial charge >= 0.3 is 0 Å². The van der Waals surface area contributed by atoms with E-state index in [-0.39, 0.29) is 17.4 Å². The average Bonchev–Trinajstić information content (AvgIpc) is 3.33. The van der Waals surface area contributed by atoms with Crippen molar-refractivity contribution < 1.29 is 9.18 Å². The molecule has 0 atom stereocenters. The summed E-state index contributed by atoms with van der Waals surface area (Å²) < 4.78 is 17.1. The van der Waals surface area contributed by atoms with Crippen molar-refractivity contribution in [1.82, 2.24) is 40.5 Å². The van der Waals surface area contributed by atoms with E-state index in [9.17, 15) is 9.18 Å². The maximum Gasteiger partial charge on any atom is 0.277 e. The number of nitrogens with one attached hydrogen (secondary N) is 2. The average molecular weight is 371 g/mol. The summed E-state index contributed by atoms with van der Waals surface area (Å²) in [5.41, 5.74) is 0.759. The molecule has 1 aromatic carbocycles. The fourth-order valence-electron chi connectivity index (χ4n) is 3.03. The summed E-state index contributed by atoms with van der Waals surface area (Å²) in [6, 6.07) is 4.42. The number of tetrazole rings is 1. The zero-order valence-electron chi connectivity index (χ0n) is 14.6. The van der Waals surface area contributed by atoms with Gasteiger partial charge in [-0.1, -0.05) is 5.21 Å². The van der Waals surface area contributed by atoms with E-state index in [1.54, 1.807) is 17.8 Å². The molecule has 2 aromatic heterocycles. The number of carbonyl (C=O) groups excluding carboxylic acids is 1. The standard InChI is InChI=1S/C16H18FN9O/c1-10-20-22-24-26(10)15-8-11(2-3-13(15)17)19-16(27)14-9-25(23-21-14)12-4-6-18-7-5-12/h2-3,8-9,12,18H,4-7H2,1H3,(H,19,27). The predicted octanol–water partition coefficient (Wildman–Crippen LogP) is 0.878. The van der Waals surface area contributed by atoms with Gasteiger partial charge in [-0.05, 0) is 61.5 Å². The predicted molar refractivity (Wildman–Crippen MR) is 93.0 cm³/mol. The maximum absolute atomic E-state index is 14.1. The van der Waals surface area contributed by atoms with Crippen LogP contribution in [0, 0.1) is 12.7 Å². The SMILES string of the molecule is Cc1nnnn1-c1cc(NC(=O)c2cn(C3CCNCC3)nn2)ccc1F. The van der Waals surface area contributed by atoms with Crippen LogP contribution in [0.15, 0.2) is 24.4 Å². The van der Waals surface area contributed by atoms with Crippen molar-refractivity contribution in [2.75, 3.05) is 18.4 Å². The second-order valence-electron chi connectivity index (χ2n) is 6.32. The molecule has 3 heterocycles. The van der Waals surface area contributed by atoms with Gasteiger partial charge in [-0.15, -0.1) is 10.2 Å². The zero-order valence-corrected chi connectivity index (χ0v) is 14.6. The maximum atomic E-state index is 14.1. The molecule has 10 nitrogen and oxygen atoms in total. The van der Waals surface area contributed by atoms with Crippen LogP contribution in [0.1, 0.15) is 35.2 Å². The molecule has 140 valence electrons. The van der Waals surface area contributed by atoms with Crippen molar-refractivity contribution in [1.29, 1.82) is 0 Å². The van der Waals surface area contributed by atoms with E-state index in [0.717, 1.165) is 25.9 Å². The lowest BCUT2D eigenvalue weighted by molar-refractivity contribution is 0.102. The Hall–Kier alpha value is -3.21. The lowest BCUT2D eigenvalue weighted by Gasteiger charge is -2.22. The third-order valence-electron chi connectivity index (χ3n) is 4.48. The Labute approximate surface area is 153 Å². The van der Waals surface area contributed by atoms with Crippen LogP contribution in [-0.4, -0.2) is 54.2 Å². The second kappa shape index (κ2) is 7.19. The fraction of sp³-hybridized carbons (Fsp3) is 0.375. The monoisotopic (exact) mass is 371 g/mol. The van der Waals surface area contributed by atoms with Crippen molar-refractivity contribution in [3.8, 4) is 5.69 Å². The van der Waals surface area contributed by atoms with Gasteiger partial charge in [0.15, 0.2) is 11.5 Å². The van der Waals surface area contributed by atoms with Crippen LogP contribution >= 0.6 is 0 Å². The van der Waals surface area contributed by atoms with Crippen LogP contribution in [0.5, 0.6) is 0 Å². The Morgan fingerprint density at radius 2 is 2.07 bits per heavy atom. The molecule has 4 rings (SSSR count). The van der Waals surface area contributed by atoms with E-state index >= 15 is 0 Å². The number of carbonyl (C=O) groups is 1. The Morgan fingerprint density at radius 1 is 1.26 bits per heavy atom. The second-order valence-corrected chi connectivity index (χ2v) is 6.32. The van der Waals surface area contributed by atoms with E-state index in [0.29, 0.717) is 11.5 Å². The first-order chi connectivity index (χ1) is 13.1. The van der Waals surface area contributed by atoms with E-state index in [1.807, 2.05) is 0 Å². The summed E-state index contributed by atoms with van der Waals surface area (Å²) in [5.74, 6) is -0.483. The Morgan fingerprint density at radius 3 is 2.81 bits per heavy atom. The van der Waals surface area contributed by atoms with Crippen LogP contribution in [0.25, 0.3) is 5.69 Å². The van der Waals surface area contributed by atoms with E-state index < -0.39 is 11.7 Å². The molecular formula is C16H18FN9O. The number of nitrogens with zero attached hydrogens (tertiary/aromatic N) is 7. The highest BCUT2D eigenvalue weighted by Crippen LogP contribution is 2.20. The molecule has 0 aliphatic carbocycles. The number of aromatic nitrogens is 7. The minimum atomic E-state index is -0.500. The molecule has 1 saturated heterocycles. The summed E-state index contributed by atoms with van der Waals surface area (Å²) in [4.78, 5) is 12.5. The molecule has 0 radical (unpaired) electrons. The first-order valence-electron chi connectivity index (χ1n) is 8.60. The lowest BCUT2D eigenvalue weighted by atomic mass is 10.1. The van der Waals surface area contributed by atoms with Crippen molar-refractivity contribution in [3.05, 3.63) is 41.7 Å². The van der Waals surface area contributed by atoms with Crippen molar-refractivity contribution in [2.24, 2.45) is 0 Å². The number of halogens is 1. The highest BCUT2D eigenvalue weighted by atomic mass is 19.1. The first kappa shape index (κ1) is 17.2. The van der Waals surface area contributed by atoms with E-state index in [2.05, 4.69) is 36.5 Å². The third kappa shape index (κ3) is 3.53. The minimum absolute atomic E-state index is 0.147. The first-order valence-corrected chi connectivity index (χ1v) is 8.60. The Kier molecular flexibility index (Phi) is 4.59. The highest BCUT2D eigenvalue weighted by Gasteiger charge is 2.19. The van der Waals surface area contributed by atoms with Crippen molar-refractivity contribution >= 4 is 11.6 Å². The lowest BCUT2D eigenvalue weighted by Crippen LogP contribution is -2.29. The number of benzene rings is 1. The number of hydrogen-bond acceptors (Lipinski definition) is 7. The summed E-state index contributed by atoms with van der Waals surface area (Å²) in [7, 11) is 0. The van der Waals surface area contributed by atoms with E-state index in [1.165, 1.54) is 22.9 Å². The highest BCUT2D eigenvalue weighted by molar-refractivity contribution is 6.02. The van der Waals surface area contributed by atoms with Crippen molar-refractivity contribution in [2.45, 2.75) is 25.8 Å². The smallest absolute Gasteiger partial charge is 0.277 e. The van der Waals surface area contributed by atoms with Gasteiger partial charge < -0.3 is 10.6 Å². The molecular weight excluding hydrogens is 353 g/mol. The number of anilines is 1. The van der Waals surface area contributed by atoms with Crippen molar-refractivity contribution in [3.63, 3.8) is 0 Å². The molecule has 1 aliphatic rings. The van der Waals surface area contributed by atoms with Crippen LogP contribution < -0.4 is 10.6 Å². The molecule has 1 aliphatic heterocycles. The molecule has 0 unspecified atom stereocenters. The molecule has 11 heteroatoms. The number of rotatable bonds is 4. The van der Waals surface area contributed by atoms with Crippen LogP contribution in [0.2, 0.25) is 0 Å². The van der Waals surface area contributed by atoms with Gasteiger partial charge in [-0.3, -0.25) is 4.79 Å².